The average Bonchev–Trinajstić information content (AvgIpc) is 2.79. The fourth-order valence-electron chi connectivity index (χ4n) is 3.19. The van der Waals surface area contributed by atoms with E-state index in [1.165, 1.54) is 0 Å². The van der Waals surface area contributed by atoms with Gasteiger partial charge in [-0.3, -0.25) is 9.79 Å². The third-order valence-electron chi connectivity index (χ3n) is 4.72. The summed E-state index contributed by atoms with van der Waals surface area (Å²) < 4.78 is 0. The maximum absolute atomic E-state index is 12.7. The van der Waals surface area contributed by atoms with Crippen LogP contribution in [0.15, 0.2) is 102 Å². The molecule has 4 aromatic rings. The second kappa shape index (κ2) is 8.88. The van der Waals surface area contributed by atoms with Crippen molar-refractivity contribution in [1.29, 1.82) is 0 Å². The molecule has 0 radical (unpaired) electrons. The van der Waals surface area contributed by atoms with E-state index in [2.05, 4.69) is 10.3 Å². The van der Waals surface area contributed by atoms with Crippen LogP contribution < -0.4 is 5.32 Å². The summed E-state index contributed by atoms with van der Waals surface area (Å²) in [5, 5.41) is 15.0. The quantitative estimate of drug-likeness (QED) is 0.428. The van der Waals surface area contributed by atoms with Crippen LogP contribution in [0.3, 0.4) is 0 Å². The summed E-state index contributed by atoms with van der Waals surface area (Å²) in [4.78, 5) is 17.2. The van der Waals surface area contributed by atoms with Crippen LogP contribution in [-0.4, -0.2) is 17.2 Å². The van der Waals surface area contributed by atoms with Crippen LogP contribution >= 0.6 is 0 Å². The van der Waals surface area contributed by atoms with Gasteiger partial charge in [-0.25, -0.2) is 0 Å². The molecular formula is C26H20N2O2. The molecule has 0 saturated heterocycles. The summed E-state index contributed by atoms with van der Waals surface area (Å²) in [5.41, 5.74) is 2.59. The van der Waals surface area contributed by atoms with Crippen molar-refractivity contribution in [3.8, 4) is 5.75 Å². The molecule has 4 heteroatoms. The van der Waals surface area contributed by atoms with Gasteiger partial charge in [0, 0.05) is 18.0 Å². The predicted octanol–water partition coefficient (Wildman–Crippen LogP) is 5.70. The number of phenolic OH excluding ortho intramolecular Hbond substituents is 1. The maximum atomic E-state index is 12.7. The number of nitrogens with one attached hydrogen (secondary N) is 1. The van der Waals surface area contributed by atoms with Crippen molar-refractivity contribution in [2.24, 2.45) is 4.99 Å². The lowest BCUT2D eigenvalue weighted by atomic mass is 10.0. The van der Waals surface area contributed by atoms with Gasteiger partial charge in [-0.15, -0.1) is 0 Å². The fraction of sp³-hybridized carbons (Fsp3) is 0. The number of carbonyl (C=O) groups is 1. The molecule has 30 heavy (non-hydrogen) atoms. The van der Waals surface area contributed by atoms with E-state index in [4.69, 9.17) is 0 Å². The number of hydrogen-bond acceptors (Lipinski definition) is 3. The summed E-state index contributed by atoms with van der Waals surface area (Å²) in [7, 11) is 0. The van der Waals surface area contributed by atoms with Crippen molar-refractivity contribution in [3.63, 3.8) is 0 Å². The van der Waals surface area contributed by atoms with E-state index in [1.807, 2.05) is 72.8 Å². The molecule has 0 aliphatic rings. The Kier molecular flexibility index (Phi) is 5.67. The molecular weight excluding hydrogens is 372 g/mol. The lowest BCUT2D eigenvalue weighted by molar-refractivity contribution is 0.0971. The van der Waals surface area contributed by atoms with Crippen molar-refractivity contribution in [2.75, 3.05) is 0 Å². The molecule has 0 bridgehead atoms. The lowest BCUT2D eigenvalue weighted by Crippen LogP contribution is -2.17. The monoisotopic (exact) mass is 392 g/mol. The first-order valence-corrected chi connectivity index (χ1v) is 9.58. The number of fused-ring (bicyclic) bond motifs is 1. The van der Waals surface area contributed by atoms with Gasteiger partial charge < -0.3 is 10.4 Å². The van der Waals surface area contributed by atoms with Crippen molar-refractivity contribution in [3.05, 3.63) is 114 Å². The lowest BCUT2D eigenvalue weighted by Gasteiger charge is -2.06. The van der Waals surface area contributed by atoms with Gasteiger partial charge in [0.15, 0.2) is 0 Å². The standard InChI is InChI=1S/C26H20N2O2/c29-25-15-14-20-10-4-5-11-21(20)23(25)18-28-24-13-7-6-12-22(24)26(30)27-17-16-19-8-2-1-3-9-19/h1-18,29H,(H,27,30). The number of para-hydroxylation sites is 1. The van der Waals surface area contributed by atoms with E-state index in [-0.39, 0.29) is 11.7 Å². The Bertz CT molecular complexity index is 1240. The number of rotatable bonds is 5. The van der Waals surface area contributed by atoms with E-state index in [0.717, 1.165) is 16.3 Å². The second-order valence-corrected chi connectivity index (χ2v) is 6.71. The zero-order valence-electron chi connectivity index (χ0n) is 16.2. The third-order valence-corrected chi connectivity index (χ3v) is 4.72. The van der Waals surface area contributed by atoms with Crippen LogP contribution in [0.25, 0.3) is 16.8 Å². The number of nitrogens with zero attached hydrogens (tertiary/aromatic N) is 1. The van der Waals surface area contributed by atoms with Crippen LogP contribution in [0.5, 0.6) is 5.75 Å². The van der Waals surface area contributed by atoms with Crippen molar-refractivity contribution in [1.82, 2.24) is 5.32 Å². The Hall–Kier alpha value is -4.18. The Morgan fingerprint density at radius 2 is 1.57 bits per heavy atom. The Morgan fingerprint density at radius 3 is 2.43 bits per heavy atom. The third kappa shape index (κ3) is 4.28. The summed E-state index contributed by atoms with van der Waals surface area (Å²) in [6.45, 7) is 0. The van der Waals surface area contributed by atoms with Gasteiger partial charge in [0.25, 0.3) is 5.91 Å². The largest absolute Gasteiger partial charge is 0.507 e. The minimum absolute atomic E-state index is 0.144. The normalized spacial score (nSPS) is 11.3. The molecule has 0 saturated carbocycles. The SMILES string of the molecule is O=C(NC=Cc1ccccc1)c1ccccc1N=Cc1c(O)ccc2ccccc12. The molecule has 0 aliphatic heterocycles. The van der Waals surface area contributed by atoms with Crippen LogP contribution in [0.1, 0.15) is 21.5 Å². The number of phenols is 1. The number of hydrogen-bond donors (Lipinski definition) is 2. The molecule has 0 atom stereocenters. The van der Waals surface area contributed by atoms with Gasteiger partial charge in [-0.05, 0) is 40.6 Å². The molecule has 0 fully saturated rings. The Balaban J connectivity index is 1.59. The molecule has 146 valence electrons. The van der Waals surface area contributed by atoms with E-state index in [1.54, 1.807) is 36.7 Å². The molecule has 1 amide bonds. The van der Waals surface area contributed by atoms with Crippen LogP contribution in [-0.2, 0) is 0 Å². The van der Waals surface area contributed by atoms with E-state index >= 15 is 0 Å². The van der Waals surface area contributed by atoms with E-state index in [9.17, 15) is 9.90 Å². The minimum Gasteiger partial charge on any atom is -0.507 e. The van der Waals surface area contributed by atoms with Gasteiger partial charge in [0.1, 0.15) is 5.75 Å². The van der Waals surface area contributed by atoms with Gasteiger partial charge in [-0.2, -0.15) is 0 Å². The van der Waals surface area contributed by atoms with Gasteiger partial charge in [0.05, 0.1) is 11.3 Å². The van der Waals surface area contributed by atoms with Crippen LogP contribution in [0, 0.1) is 0 Å². The molecule has 0 unspecified atom stereocenters. The number of aromatic hydroxyl groups is 1. The Labute approximate surface area is 174 Å². The molecule has 0 heterocycles. The van der Waals surface area contributed by atoms with Crippen LogP contribution in [0.4, 0.5) is 5.69 Å². The second-order valence-electron chi connectivity index (χ2n) is 6.71. The van der Waals surface area contributed by atoms with Crippen molar-refractivity contribution >= 4 is 34.7 Å². The number of amides is 1. The summed E-state index contributed by atoms with van der Waals surface area (Å²) in [6, 6.07) is 28.1. The summed E-state index contributed by atoms with van der Waals surface area (Å²) >= 11 is 0. The van der Waals surface area contributed by atoms with E-state index < -0.39 is 0 Å². The Morgan fingerprint density at radius 1 is 0.833 bits per heavy atom. The highest BCUT2D eigenvalue weighted by molar-refractivity contribution is 6.05. The topological polar surface area (TPSA) is 61.7 Å². The first-order chi connectivity index (χ1) is 14.7. The smallest absolute Gasteiger partial charge is 0.257 e. The highest BCUT2D eigenvalue weighted by Crippen LogP contribution is 2.27. The van der Waals surface area contributed by atoms with Crippen LogP contribution in [0.2, 0.25) is 0 Å². The minimum atomic E-state index is -0.253. The van der Waals surface area contributed by atoms with E-state index in [0.29, 0.717) is 16.8 Å². The molecule has 4 aromatic carbocycles. The fourth-order valence-corrected chi connectivity index (χ4v) is 3.19. The molecule has 4 nitrogen and oxygen atoms in total. The first kappa shape index (κ1) is 19.2. The zero-order chi connectivity index (χ0) is 20.8. The highest BCUT2D eigenvalue weighted by Gasteiger charge is 2.10. The first-order valence-electron chi connectivity index (χ1n) is 9.58. The molecule has 0 spiro atoms. The molecule has 4 rings (SSSR count). The number of aliphatic imine (C=N–C) groups is 1. The van der Waals surface area contributed by atoms with Crippen molar-refractivity contribution < 1.29 is 9.90 Å². The molecule has 2 N–H and O–H groups in total. The van der Waals surface area contributed by atoms with Gasteiger partial charge in [-0.1, -0.05) is 72.8 Å². The highest BCUT2D eigenvalue weighted by atomic mass is 16.3. The van der Waals surface area contributed by atoms with Crippen molar-refractivity contribution in [2.45, 2.75) is 0 Å². The summed E-state index contributed by atoms with van der Waals surface area (Å²) in [5.74, 6) is -0.109. The zero-order valence-corrected chi connectivity index (χ0v) is 16.2. The average molecular weight is 392 g/mol. The molecule has 0 aromatic heterocycles. The number of carbonyl (C=O) groups excluding carboxylic acids is 1. The van der Waals surface area contributed by atoms with Gasteiger partial charge in [0.2, 0.25) is 0 Å². The number of benzene rings is 4. The van der Waals surface area contributed by atoms with Gasteiger partial charge >= 0.3 is 0 Å². The molecule has 0 aliphatic carbocycles. The summed E-state index contributed by atoms with van der Waals surface area (Å²) in [6.07, 6.45) is 5.05. The maximum Gasteiger partial charge on any atom is 0.257 e. The predicted molar refractivity (Wildman–Crippen MR) is 122 cm³/mol.